The van der Waals surface area contributed by atoms with Gasteiger partial charge in [0, 0.05) is 16.3 Å². The van der Waals surface area contributed by atoms with E-state index in [1.165, 1.54) is 12.1 Å². The normalized spacial score (nSPS) is 15.6. The van der Waals surface area contributed by atoms with Gasteiger partial charge in [-0.05, 0) is 67.1 Å². The molecule has 2 aliphatic rings. The zero-order chi connectivity index (χ0) is 26.5. The fourth-order valence-electron chi connectivity index (χ4n) is 5.21. The number of nitrogens with one attached hydrogen (secondary N) is 1. The molecule has 6 nitrogen and oxygen atoms in total. The summed E-state index contributed by atoms with van der Waals surface area (Å²) in [6.45, 7) is 2.01. The van der Waals surface area contributed by atoms with Crippen LogP contribution in [0.2, 0.25) is 5.02 Å². The summed E-state index contributed by atoms with van der Waals surface area (Å²) in [4.78, 5) is 12.3. The minimum absolute atomic E-state index is 0.261. The smallest absolute Gasteiger partial charge is 0.179 e. The maximum absolute atomic E-state index is 14.1. The Kier molecular flexibility index (Phi) is 5.52. The molecule has 190 valence electrons. The van der Waals surface area contributed by atoms with Gasteiger partial charge in [0.1, 0.15) is 5.82 Å². The third-order valence-corrected chi connectivity index (χ3v) is 7.16. The highest BCUT2D eigenvalue weighted by atomic mass is 35.5. The average molecular weight is 533 g/mol. The van der Waals surface area contributed by atoms with E-state index in [4.69, 9.17) is 26.7 Å². The molecule has 7 rings (SSSR count). The third kappa shape index (κ3) is 3.99. The molecule has 39 heavy (non-hydrogen) atoms. The lowest BCUT2D eigenvalue weighted by Crippen LogP contribution is -2.46. The zero-order valence-electron chi connectivity index (χ0n) is 20.9. The van der Waals surface area contributed by atoms with Gasteiger partial charge in [-0.3, -0.25) is 0 Å². The van der Waals surface area contributed by atoms with Crippen LogP contribution < -0.4 is 10.2 Å². The van der Waals surface area contributed by atoms with E-state index in [2.05, 4.69) is 10.2 Å². The highest BCUT2D eigenvalue weighted by Gasteiger charge is 2.41. The Morgan fingerprint density at radius 1 is 0.846 bits per heavy atom. The molecule has 4 aromatic carbocycles. The second-order valence-corrected chi connectivity index (χ2v) is 9.85. The van der Waals surface area contributed by atoms with Gasteiger partial charge in [-0.1, -0.05) is 60.1 Å². The first-order valence-corrected chi connectivity index (χ1v) is 12.9. The van der Waals surface area contributed by atoms with E-state index in [-0.39, 0.29) is 11.9 Å². The predicted molar refractivity (Wildman–Crippen MR) is 155 cm³/mol. The van der Waals surface area contributed by atoms with Gasteiger partial charge in [0.25, 0.3) is 0 Å². The van der Waals surface area contributed by atoms with E-state index in [1.807, 2.05) is 90.5 Å². The van der Waals surface area contributed by atoms with Crippen molar-refractivity contribution in [3.63, 3.8) is 0 Å². The number of aromatic nitrogens is 2. The van der Waals surface area contributed by atoms with Gasteiger partial charge >= 0.3 is 0 Å². The van der Waals surface area contributed by atoms with E-state index >= 15 is 0 Å². The quantitative estimate of drug-likeness (QED) is 0.258. The second-order valence-electron chi connectivity index (χ2n) is 9.41. The highest BCUT2D eigenvalue weighted by molar-refractivity contribution is 6.51. The van der Waals surface area contributed by atoms with Crippen molar-refractivity contribution in [1.29, 1.82) is 0 Å². The maximum atomic E-state index is 14.1. The van der Waals surface area contributed by atoms with Crippen molar-refractivity contribution < 1.29 is 4.39 Å². The van der Waals surface area contributed by atoms with Crippen LogP contribution in [-0.4, -0.2) is 21.5 Å². The second kappa shape index (κ2) is 9.22. The molecule has 0 spiro atoms. The zero-order valence-corrected chi connectivity index (χ0v) is 21.6. The van der Waals surface area contributed by atoms with Crippen molar-refractivity contribution in [1.82, 2.24) is 9.78 Å². The molecule has 3 heterocycles. The SMILES string of the molecule is Cc1nn(-c2ccccc2)c2c1C(c1ccc(Cl)cc1)N1C(=N2)C(Nc2cccc(F)c2)=Nc2ccccc21. The van der Waals surface area contributed by atoms with Crippen LogP contribution in [0.15, 0.2) is 113 Å². The molecule has 1 unspecified atom stereocenters. The third-order valence-electron chi connectivity index (χ3n) is 6.91. The molecule has 0 amide bonds. The van der Waals surface area contributed by atoms with Crippen molar-refractivity contribution in [2.75, 3.05) is 10.2 Å². The number of aliphatic imine (C=N–C) groups is 2. The fourth-order valence-corrected chi connectivity index (χ4v) is 5.34. The summed E-state index contributed by atoms with van der Waals surface area (Å²) >= 11 is 6.30. The number of amidine groups is 2. The molecular weight excluding hydrogens is 511 g/mol. The number of aryl methyl sites for hydroxylation is 1. The number of para-hydroxylation sites is 3. The Balaban J connectivity index is 1.50. The van der Waals surface area contributed by atoms with Crippen molar-refractivity contribution in [3.8, 4) is 5.69 Å². The van der Waals surface area contributed by atoms with E-state index in [0.29, 0.717) is 22.4 Å². The number of fused-ring (bicyclic) bond motifs is 4. The molecule has 0 saturated heterocycles. The summed E-state index contributed by atoms with van der Waals surface area (Å²) in [6.07, 6.45) is 0. The average Bonchev–Trinajstić information content (AvgIpc) is 3.29. The Hall–Kier alpha value is -4.75. The molecule has 0 saturated carbocycles. The van der Waals surface area contributed by atoms with Crippen LogP contribution in [0, 0.1) is 12.7 Å². The van der Waals surface area contributed by atoms with Crippen LogP contribution in [0.1, 0.15) is 22.9 Å². The topological polar surface area (TPSA) is 57.8 Å². The number of anilines is 2. The molecular formula is C31H22ClFN6. The molecule has 0 bridgehead atoms. The van der Waals surface area contributed by atoms with E-state index in [9.17, 15) is 4.39 Å². The molecule has 1 aromatic heterocycles. The maximum Gasteiger partial charge on any atom is 0.179 e. The number of nitrogens with zero attached hydrogens (tertiary/aromatic N) is 5. The summed E-state index contributed by atoms with van der Waals surface area (Å²) in [5, 5.41) is 8.93. The fraction of sp³-hybridized carbons (Fsp3) is 0.0645. The largest absolute Gasteiger partial charge is 0.337 e. The van der Waals surface area contributed by atoms with Gasteiger partial charge in [0.05, 0.1) is 28.8 Å². The van der Waals surface area contributed by atoms with Gasteiger partial charge in [-0.15, -0.1) is 0 Å². The molecule has 1 N–H and O–H groups in total. The van der Waals surface area contributed by atoms with Crippen molar-refractivity contribution in [2.45, 2.75) is 13.0 Å². The standard InChI is InChI=1S/C31H22ClFN6/c1-19-27-28(20-14-16-21(32)17-15-20)38-26-13-6-5-12-25(26)35-29(34-23-9-7-8-22(33)18-23)31(38)36-30(27)39(37-19)24-10-3-2-4-11-24/h2-18,28H,1H3,(H,34,35). The van der Waals surface area contributed by atoms with Gasteiger partial charge in [0.2, 0.25) is 0 Å². The van der Waals surface area contributed by atoms with Crippen LogP contribution >= 0.6 is 11.6 Å². The lowest BCUT2D eigenvalue weighted by atomic mass is 9.93. The molecule has 0 aliphatic carbocycles. The minimum Gasteiger partial charge on any atom is -0.337 e. The van der Waals surface area contributed by atoms with Crippen LogP contribution in [-0.2, 0) is 0 Å². The molecule has 5 aromatic rings. The molecule has 0 radical (unpaired) electrons. The summed E-state index contributed by atoms with van der Waals surface area (Å²) in [5.41, 5.74) is 6.08. The first kappa shape index (κ1) is 23.4. The number of halogens is 2. The lowest BCUT2D eigenvalue weighted by Gasteiger charge is -2.40. The Morgan fingerprint density at radius 3 is 2.41 bits per heavy atom. The Bertz CT molecular complexity index is 1780. The van der Waals surface area contributed by atoms with Gasteiger partial charge in [0.15, 0.2) is 17.5 Å². The summed E-state index contributed by atoms with van der Waals surface area (Å²) in [6, 6.07) is 31.8. The Labute approximate surface area is 229 Å². The number of rotatable bonds is 3. The number of benzene rings is 4. The van der Waals surface area contributed by atoms with E-state index < -0.39 is 0 Å². The van der Waals surface area contributed by atoms with Crippen LogP contribution in [0.5, 0.6) is 0 Å². The first-order chi connectivity index (χ1) is 19.1. The highest BCUT2D eigenvalue weighted by Crippen LogP contribution is 2.48. The monoisotopic (exact) mass is 532 g/mol. The van der Waals surface area contributed by atoms with Crippen molar-refractivity contribution in [2.24, 2.45) is 9.98 Å². The van der Waals surface area contributed by atoms with Crippen LogP contribution in [0.25, 0.3) is 5.69 Å². The summed E-state index contributed by atoms with van der Waals surface area (Å²) < 4.78 is 16.0. The van der Waals surface area contributed by atoms with Gasteiger partial charge in [-0.2, -0.15) is 5.10 Å². The molecule has 2 aliphatic heterocycles. The Morgan fingerprint density at radius 2 is 1.62 bits per heavy atom. The van der Waals surface area contributed by atoms with E-state index in [1.54, 1.807) is 12.1 Å². The lowest BCUT2D eigenvalue weighted by molar-refractivity contribution is 0.628. The molecule has 1 atom stereocenters. The first-order valence-electron chi connectivity index (χ1n) is 12.6. The van der Waals surface area contributed by atoms with Gasteiger partial charge in [-0.25, -0.2) is 19.1 Å². The van der Waals surface area contributed by atoms with Crippen molar-refractivity contribution in [3.05, 3.63) is 131 Å². The summed E-state index contributed by atoms with van der Waals surface area (Å²) in [7, 11) is 0. The minimum atomic E-state index is -0.335. The molecule has 0 fully saturated rings. The predicted octanol–water partition coefficient (Wildman–Crippen LogP) is 7.77. The number of hydrogen-bond donors (Lipinski definition) is 1. The van der Waals surface area contributed by atoms with Gasteiger partial charge < -0.3 is 10.2 Å². The van der Waals surface area contributed by atoms with E-state index in [0.717, 1.165) is 39.7 Å². The molecule has 8 heteroatoms. The van der Waals surface area contributed by atoms with Crippen molar-refractivity contribution >= 4 is 46.2 Å². The summed E-state index contributed by atoms with van der Waals surface area (Å²) in [5.74, 6) is 1.52. The van der Waals surface area contributed by atoms with Crippen LogP contribution in [0.4, 0.5) is 27.3 Å². The van der Waals surface area contributed by atoms with Crippen LogP contribution in [0.3, 0.4) is 0 Å². The number of hydrogen-bond acceptors (Lipinski definition) is 5.